The van der Waals surface area contributed by atoms with Gasteiger partial charge in [-0.1, -0.05) is 33.6 Å². The molecule has 0 radical (unpaired) electrons. The van der Waals surface area contributed by atoms with Gasteiger partial charge >= 0.3 is 0 Å². The first-order valence-corrected chi connectivity index (χ1v) is 5.46. The highest BCUT2D eigenvalue weighted by Gasteiger charge is 2.21. The van der Waals surface area contributed by atoms with Gasteiger partial charge < -0.3 is 5.73 Å². The zero-order chi connectivity index (χ0) is 10.3. The Bertz CT molecular complexity index is 139. The third-order valence-corrected chi connectivity index (χ3v) is 2.48. The van der Waals surface area contributed by atoms with Crippen molar-refractivity contribution in [2.24, 2.45) is 11.7 Å². The van der Waals surface area contributed by atoms with Crippen molar-refractivity contribution in [1.82, 2.24) is 0 Å². The fraction of sp³-hybridized carbons (Fsp3) is 0.909. The van der Waals surface area contributed by atoms with Crippen LogP contribution in [0.4, 0.5) is 0 Å². The lowest BCUT2D eigenvalue weighted by molar-refractivity contribution is -0.124. The van der Waals surface area contributed by atoms with Crippen LogP contribution >= 0.6 is 0 Å². The Hall–Kier alpha value is -0.370. The van der Waals surface area contributed by atoms with E-state index in [1.807, 2.05) is 6.92 Å². The molecule has 2 heteroatoms. The van der Waals surface area contributed by atoms with E-state index in [1.165, 1.54) is 0 Å². The van der Waals surface area contributed by atoms with E-state index >= 15 is 0 Å². The van der Waals surface area contributed by atoms with Crippen molar-refractivity contribution >= 4 is 5.78 Å². The van der Waals surface area contributed by atoms with Gasteiger partial charge in [-0.15, -0.1) is 0 Å². The van der Waals surface area contributed by atoms with Gasteiger partial charge in [-0.25, -0.2) is 0 Å². The van der Waals surface area contributed by atoms with Gasteiger partial charge in [0.25, 0.3) is 0 Å². The maximum Gasteiger partial charge on any atom is 0.152 e. The third kappa shape index (κ3) is 4.41. The number of carbonyl (C=O) groups excluding carboxylic acids is 1. The summed E-state index contributed by atoms with van der Waals surface area (Å²) in [5, 5.41) is 0. The fourth-order valence-electron chi connectivity index (χ4n) is 1.63. The first-order valence-electron chi connectivity index (χ1n) is 5.46. The SMILES string of the molecule is CCCC(CCC)C(=O)C(N)CC. The monoisotopic (exact) mass is 185 g/mol. The molecule has 13 heavy (non-hydrogen) atoms. The molecule has 0 rings (SSSR count). The highest BCUT2D eigenvalue weighted by Crippen LogP contribution is 2.16. The second-order valence-electron chi connectivity index (χ2n) is 3.69. The maximum atomic E-state index is 11.7. The van der Waals surface area contributed by atoms with Crippen LogP contribution < -0.4 is 5.73 Å². The molecule has 2 nitrogen and oxygen atoms in total. The number of rotatable bonds is 7. The van der Waals surface area contributed by atoms with E-state index in [0.717, 1.165) is 32.1 Å². The van der Waals surface area contributed by atoms with Gasteiger partial charge in [0.05, 0.1) is 6.04 Å². The number of Topliss-reactive ketones (excluding diaryl/α,β-unsaturated/α-hetero) is 1. The van der Waals surface area contributed by atoms with Crippen LogP contribution in [-0.4, -0.2) is 11.8 Å². The molecule has 0 fully saturated rings. The lowest BCUT2D eigenvalue weighted by Crippen LogP contribution is -2.35. The summed E-state index contributed by atoms with van der Waals surface area (Å²) in [4.78, 5) is 11.7. The molecule has 0 aromatic carbocycles. The van der Waals surface area contributed by atoms with Crippen LogP contribution in [0.3, 0.4) is 0 Å². The van der Waals surface area contributed by atoms with Crippen molar-refractivity contribution < 1.29 is 4.79 Å². The molecule has 0 aromatic rings. The van der Waals surface area contributed by atoms with Crippen LogP contribution in [0.1, 0.15) is 52.9 Å². The first-order chi connectivity index (χ1) is 6.17. The minimum atomic E-state index is -0.233. The average Bonchev–Trinajstić information content (AvgIpc) is 2.15. The zero-order valence-corrected chi connectivity index (χ0v) is 9.18. The molecule has 0 saturated carbocycles. The van der Waals surface area contributed by atoms with Gasteiger partial charge in [0.1, 0.15) is 0 Å². The summed E-state index contributed by atoms with van der Waals surface area (Å²) >= 11 is 0. The molecule has 0 amide bonds. The van der Waals surface area contributed by atoms with Crippen molar-refractivity contribution in [1.29, 1.82) is 0 Å². The summed E-state index contributed by atoms with van der Waals surface area (Å²) in [5.41, 5.74) is 5.73. The Kier molecular flexibility index (Phi) is 6.87. The summed E-state index contributed by atoms with van der Waals surface area (Å²) in [6, 6.07) is -0.233. The molecule has 0 spiro atoms. The molecule has 0 aromatic heterocycles. The van der Waals surface area contributed by atoms with Crippen LogP contribution in [0.2, 0.25) is 0 Å². The van der Waals surface area contributed by atoms with Crippen molar-refractivity contribution in [2.45, 2.75) is 58.9 Å². The van der Waals surface area contributed by atoms with E-state index < -0.39 is 0 Å². The zero-order valence-electron chi connectivity index (χ0n) is 9.18. The van der Waals surface area contributed by atoms with Gasteiger partial charge in [0, 0.05) is 5.92 Å². The maximum absolute atomic E-state index is 11.7. The topological polar surface area (TPSA) is 43.1 Å². The predicted molar refractivity (Wildman–Crippen MR) is 56.6 cm³/mol. The van der Waals surface area contributed by atoms with Gasteiger partial charge in [0.15, 0.2) is 5.78 Å². The number of carbonyl (C=O) groups is 1. The van der Waals surface area contributed by atoms with Crippen LogP contribution in [0.15, 0.2) is 0 Å². The minimum absolute atomic E-state index is 0.213. The number of nitrogens with two attached hydrogens (primary N) is 1. The van der Waals surface area contributed by atoms with Gasteiger partial charge in [-0.2, -0.15) is 0 Å². The Morgan fingerprint density at radius 2 is 1.62 bits per heavy atom. The molecule has 1 atom stereocenters. The average molecular weight is 185 g/mol. The smallest absolute Gasteiger partial charge is 0.152 e. The van der Waals surface area contributed by atoms with E-state index in [2.05, 4.69) is 13.8 Å². The van der Waals surface area contributed by atoms with Crippen LogP contribution in [0.5, 0.6) is 0 Å². The van der Waals surface area contributed by atoms with Gasteiger partial charge in [-0.05, 0) is 19.3 Å². The number of hydrogen-bond donors (Lipinski definition) is 1. The molecule has 0 aliphatic rings. The molecule has 0 heterocycles. The second kappa shape index (κ2) is 7.07. The predicted octanol–water partition coefficient (Wildman–Crippen LogP) is 2.51. The van der Waals surface area contributed by atoms with Crippen molar-refractivity contribution in [3.8, 4) is 0 Å². The van der Waals surface area contributed by atoms with E-state index in [0.29, 0.717) is 0 Å². The highest BCUT2D eigenvalue weighted by atomic mass is 16.1. The van der Waals surface area contributed by atoms with Crippen molar-refractivity contribution in [2.75, 3.05) is 0 Å². The molecular weight excluding hydrogens is 162 g/mol. The van der Waals surface area contributed by atoms with E-state index in [-0.39, 0.29) is 17.7 Å². The van der Waals surface area contributed by atoms with E-state index in [4.69, 9.17) is 5.73 Å². The normalized spacial score (nSPS) is 13.3. The first kappa shape index (κ1) is 12.6. The minimum Gasteiger partial charge on any atom is -0.322 e. The lowest BCUT2D eigenvalue weighted by Gasteiger charge is -2.17. The summed E-state index contributed by atoms with van der Waals surface area (Å²) in [6.07, 6.45) is 4.92. The molecule has 78 valence electrons. The molecule has 0 saturated heterocycles. The highest BCUT2D eigenvalue weighted by molar-refractivity contribution is 5.85. The Labute approximate surface area is 81.9 Å². The quantitative estimate of drug-likeness (QED) is 0.662. The molecule has 0 aliphatic carbocycles. The van der Waals surface area contributed by atoms with Crippen LogP contribution in [-0.2, 0) is 4.79 Å². The van der Waals surface area contributed by atoms with Crippen molar-refractivity contribution in [3.05, 3.63) is 0 Å². The Morgan fingerprint density at radius 1 is 1.15 bits per heavy atom. The van der Waals surface area contributed by atoms with Crippen molar-refractivity contribution in [3.63, 3.8) is 0 Å². The molecule has 0 aliphatic heterocycles. The molecule has 1 unspecified atom stereocenters. The fourth-order valence-corrected chi connectivity index (χ4v) is 1.63. The second-order valence-corrected chi connectivity index (χ2v) is 3.69. The largest absolute Gasteiger partial charge is 0.322 e. The van der Waals surface area contributed by atoms with Gasteiger partial charge in [-0.3, -0.25) is 4.79 Å². The van der Waals surface area contributed by atoms with Crippen LogP contribution in [0.25, 0.3) is 0 Å². The molecule has 2 N–H and O–H groups in total. The number of hydrogen-bond acceptors (Lipinski definition) is 2. The van der Waals surface area contributed by atoms with Gasteiger partial charge in [0.2, 0.25) is 0 Å². The Morgan fingerprint density at radius 3 is 1.92 bits per heavy atom. The Balaban J connectivity index is 4.09. The van der Waals surface area contributed by atoms with E-state index in [1.54, 1.807) is 0 Å². The number of ketones is 1. The summed E-state index contributed by atoms with van der Waals surface area (Å²) in [6.45, 7) is 6.21. The summed E-state index contributed by atoms with van der Waals surface area (Å²) < 4.78 is 0. The lowest BCUT2D eigenvalue weighted by atomic mass is 9.89. The van der Waals surface area contributed by atoms with Crippen LogP contribution in [0, 0.1) is 5.92 Å². The third-order valence-electron chi connectivity index (χ3n) is 2.48. The standard InChI is InChI=1S/C11H23NO/c1-4-7-9(8-5-2)11(13)10(12)6-3/h9-10H,4-8,12H2,1-3H3. The summed E-state index contributed by atoms with van der Waals surface area (Å²) in [7, 11) is 0. The summed E-state index contributed by atoms with van der Waals surface area (Å²) in [5.74, 6) is 0.483. The molecular formula is C11H23NO. The molecule has 0 bridgehead atoms. The van der Waals surface area contributed by atoms with E-state index in [9.17, 15) is 4.79 Å².